The topological polar surface area (TPSA) is 48.0 Å². The van der Waals surface area contributed by atoms with Crippen LogP contribution in [-0.4, -0.2) is 47.9 Å². The number of hydrogen-bond donors (Lipinski definition) is 0. The third-order valence-corrected chi connectivity index (χ3v) is 7.21. The van der Waals surface area contributed by atoms with E-state index >= 15 is 0 Å². The standard InChI is InChI=1S/C19H32BNO4/c1-17(2,3)23-16(22)21-9-7-8-15(21)20-24-14-11-12-10-13(18(12,4)5)19(14,6)25-20/h12-15H,7-11H2,1-6H3. The van der Waals surface area contributed by atoms with Crippen molar-refractivity contribution in [2.24, 2.45) is 17.3 Å². The maximum atomic E-state index is 12.6. The summed E-state index contributed by atoms with van der Waals surface area (Å²) in [6, 6.07) is 0. The summed E-state index contributed by atoms with van der Waals surface area (Å²) in [5.74, 6) is 1.26. The molecule has 0 spiro atoms. The molecule has 5 rings (SSSR count). The summed E-state index contributed by atoms with van der Waals surface area (Å²) < 4.78 is 18.5. The Morgan fingerprint density at radius 3 is 2.60 bits per heavy atom. The predicted molar refractivity (Wildman–Crippen MR) is 96.1 cm³/mol. The van der Waals surface area contributed by atoms with Crippen LogP contribution in [-0.2, 0) is 14.0 Å². The molecule has 5 aliphatic rings. The minimum Gasteiger partial charge on any atom is -0.444 e. The van der Waals surface area contributed by atoms with Crippen molar-refractivity contribution in [3.05, 3.63) is 0 Å². The molecule has 0 aromatic heterocycles. The van der Waals surface area contributed by atoms with Gasteiger partial charge in [-0.3, -0.25) is 0 Å². The van der Waals surface area contributed by atoms with Crippen molar-refractivity contribution in [3.63, 3.8) is 0 Å². The Labute approximate surface area is 151 Å². The Hall–Kier alpha value is -0.745. The van der Waals surface area contributed by atoms with Crippen molar-refractivity contribution >= 4 is 13.2 Å². The Balaban J connectivity index is 1.49. The van der Waals surface area contributed by atoms with Crippen LogP contribution < -0.4 is 0 Å². The van der Waals surface area contributed by atoms with Crippen LogP contribution in [0.15, 0.2) is 0 Å². The third kappa shape index (κ3) is 2.63. The van der Waals surface area contributed by atoms with Gasteiger partial charge >= 0.3 is 13.2 Å². The molecule has 5 unspecified atom stereocenters. The third-order valence-electron chi connectivity index (χ3n) is 7.21. The van der Waals surface area contributed by atoms with Crippen LogP contribution in [0.2, 0.25) is 0 Å². The number of nitrogens with zero attached hydrogens (tertiary/aromatic N) is 1. The molecule has 5 atom stereocenters. The molecule has 140 valence electrons. The lowest BCUT2D eigenvalue weighted by Crippen LogP contribution is -2.65. The summed E-state index contributed by atoms with van der Waals surface area (Å²) in [4.78, 5) is 14.4. The van der Waals surface area contributed by atoms with E-state index in [9.17, 15) is 4.79 Å². The quantitative estimate of drug-likeness (QED) is 0.678. The van der Waals surface area contributed by atoms with E-state index in [1.807, 2.05) is 25.7 Å². The van der Waals surface area contributed by atoms with E-state index in [-0.39, 0.29) is 30.9 Å². The molecule has 0 radical (unpaired) electrons. The molecule has 0 N–H and O–H groups in total. The Morgan fingerprint density at radius 2 is 1.96 bits per heavy atom. The van der Waals surface area contributed by atoms with Gasteiger partial charge in [0.1, 0.15) is 5.60 Å². The van der Waals surface area contributed by atoms with Crippen LogP contribution in [0.1, 0.15) is 67.2 Å². The molecule has 2 heterocycles. The van der Waals surface area contributed by atoms with Gasteiger partial charge in [-0.1, -0.05) is 13.8 Å². The minimum absolute atomic E-state index is 0.0300. The second-order valence-corrected chi connectivity index (χ2v) is 10.2. The van der Waals surface area contributed by atoms with E-state index in [1.54, 1.807) is 0 Å². The molecule has 3 saturated carbocycles. The van der Waals surface area contributed by atoms with Gasteiger partial charge in [-0.25, -0.2) is 4.79 Å². The zero-order chi connectivity index (χ0) is 18.2. The maximum Gasteiger partial charge on any atom is 0.482 e. The van der Waals surface area contributed by atoms with Gasteiger partial charge in [-0.2, -0.15) is 0 Å². The van der Waals surface area contributed by atoms with Crippen LogP contribution >= 0.6 is 0 Å². The second kappa shape index (κ2) is 5.38. The molecule has 6 heteroatoms. The Kier molecular flexibility index (Phi) is 3.80. The van der Waals surface area contributed by atoms with Crippen LogP contribution in [0.4, 0.5) is 4.79 Å². The van der Waals surface area contributed by atoms with E-state index in [0.29, 0.717) is 11.3 Å². The average molecular weight is 349 g/mol. The van der Waals surface area contributed by atoms with E-state index in [1.165, 1.54) is 6.42 Å². The molecule has 0 aromatic carbocycles. The van der Waals surface area contributed by atoms with Crippen LogP contribution in [0.25, 0.3) is 0 Å². The SMILES string of the molecule is CC(C)(C)OC(=O)N1CCCC1B1OC2CC3CC(C3(C)C)C2(C)O1. The molecular formula is C19H32BNO4. The first-order valence-electron chi connectivity index (χ1n) is 9.85. The van der Waals surface area contributed by atoms with Crippen molar-refractivity contribution in [1.29, 1.82) is 0 Å². The van der Waals surface area contributed by atoms with Gasteiger partial charge in [0.15, 0.2) is 0 Å². The van der Waals surface area contributed by atoms with Gasteiger partial charge in [0, 0.05) is 6.54 Å². The highest BCUT2D eigenvalue weighted by Gasteiger charge is 2.69. The highest BCUT2D eigenvalue weighted by atomic mass is 16.7. The number of carbonyl (C=O) groups excluding carboxylic acids is 1. The fourth-order valence-corrected chi connectivity index (χ4v) is 5.69. The monoisotopic (exact) mass is 349 g/mol. The van der Waals surface area contributed by atoms with Crippen molar-refractivity contribution in [1.82, 2.24) is 4.90 Å². The van der Waals surface area contributed by atoms with Crippen LogP contribution in [0.5, 0.6) is 0 Å². The molecule has 5 fully saturated rings. The van der Waals surface area contributed by atoms with Crippen molar-refractivity contribution in [3.8, 4) is 0 Å². The zero-order valence-electron chi connectivity index (χ0n) is 16.5. The average Bonchev–Trinajstić information content (AvgIpc) is 3.07. The molecule has 2 bridgehead atoms. The van der Waals surface area contributed by atoms with Gasteiger partial charge in [0.2, 0.25) is 0 Å². The molecule has 5 nitrogen and oxygen atoms in total. The van der Waals surface area contributed by atoms with E-state index in [2.05, 4.69) is 20.8 Å². The smallest absolute Gasteiger partial charge is 0.444 e. The predicted octanol–water partition coefficient (Wildman–Crippen LogP) is 3.65. The summed E-state index contributed by atoms with van der Waals surface area (Å²) in [6.45, 7) is 13.4. The van der Waals surface area contributed by atoms with Gasteiger partial charge < -0.3 is 18.9 Å². The summed E-state index contributed by atoms with van der Waals surface area (Å²) in [5, 5.41) is 0. The fourth-order valence-electron chi connectivity index (χ4n) is 5.69. The normalized spacial score (nSPS) is 42.2. The Morgan fingerprint density at radius 1 is 1.24 bits per heavy atom. The first-order valence-corrected chi connectivity index (χ1v) is 9.85. The second-order valence-electron chi connectivity index (χ2n) is 10.2. The summed E-state index contributed by atoms with van der Waals surface area (Å²) in [7, 11) is -0.319. The number of likely N-dealkylation sites (tertiary alicyclic amines) is 1. The van der Waals surface area contributed by atoms with E-state index in [4.69, 9.17) is 14.0 Å². The summed E-state index contributed by atoms with van der Waals surface area (Å²) >= 11 is 0. The summed E-state index contributed by atoms with van der Waals surface area (Å²) in [5.41, 5.74) is -0.359. The number of ether oxygens (including phenoxy) is 1. The largest absolute Gasteiger partial charge is 0.482 e. The maximum absolute atomic E-state index is 12.6. The molecule has 2 aliphatic heterocycles. The minimum atomic E-state index is -0.479. The number of rotatable bonds is 1. The van der Waals surface area contributed by atoms with Crippen molar-refractivity contribution in [2.75, 3.05) is 6.54 Å². The lowest BCUT2D eigenvalue weighted by atomic mass is 9.43. The molecule has 3 aliphatic carbocycles. The lowest BCUT2D eigenvalue weighted by Gasteiger charge is -2.64. The zero-order valence-corrected chi connectivity index (χ0v) is 16.5. The number of amides is 1. The molecule has 25 heavy (non-hydrogen) atoms. The van der Waals surface area contributed by atoms with Crippen molar-refractivity contribution in [2.45, 2.75) is 90.5 Å². The first-order chi connectivity index (χ1) is 11.5. The Bertz CT molecular complexity index is 574. The van der Waals surface area contributed by atoms with Gasteiger partial charge in [0.25, 0.3) is 0 Å². The lowest BCUT2D eigenvalue weighted by molar-refractivity contribution is -0.199. The van der Waals surface area contributed by atoms with Crippen molar-refractivity contribution < 1.29 is 18.8 Å². The highest BCUT2D eigenvalue weighted by Crippen LogP contribution is 2.65. The van der Waals surface area contributed by atoms with Gasteiger partial charge in [-0.15, -0.1) is 0 Å². The van der Waals surface area contributed by atoms with E-state index in [0.717, 1.165) is 31.7 Å². The molecule has 2 saturated heterocycles. The van der Waals surface area contributed by atoms with Crippen LogP contribution in [0, 0.1) is 17.3 Å². The van der Waals surface area contributed by atoms with Gasteiger partial charge in [0.05, 0.1) is 17.6 Å². The fraction of sp³-hybridized carbons (Fsp3) is 0.947. The highest BCUT2D eigenvalue weighted by molar-refractivity contribution is 6.47. The first kappa shape index (κ1) is 17.7. The number of carbonyl (C=O) groups is 1. The van der Waals surface area contributed by atoms with E-state index < -0.39 is 5.60 Å². The number of hydrogen-bond acceptors (Lipinski definition) is 4. The summed E-state index contributed by atoms with van der Waals surface area (Å²) in [6.07, 6.45) is 4.14. The molecule has 0 aromatic rings. The van der Waals surface area contributed by atoms with Gasteiger partial charge in [-0.05, 0) is 70.6 Å². The molecule has 1 amide bonds. The molecular weight excluding hydrogens is 317 g/mol. The van der Waals surface area contributed by atoms with Crippen LogP contribution in [0.3, 0.4) is 0 Å².